The van der Waals surface area contributed by atoms with Gasteiger partial charge in [-0.2, -0.15) is 13.2 Å². The number of halogens is 3. The van der Waals surface area contributed by atoms with Gasteiger partial charge in [-0.3, -0.25) is 8.37 Å². The van der Waals surface area contributed by atoms with Crippen LogP contribution in [0.25, 0.3) is 8.25 Å². The number of alkyl halides is 3. The fourth-order valence-electron chi connectivity index (χ4n) is 2.73. The van der Waals surface area contributed by atoms with Crippen LogP contribution in [0.15, 0.2) is 60.7 Å². The van der Waals surface area contributed by atoms with E-state index < -0.39 is 52.8 Å². The highest BCUT2D eigenvalue weighted by Gasteiger charge is 2.40. The molecule has 0 unspecified atom stereocenters. The third-order valence-electron chi connectivity index (χ3n) is 4.89. The van der Waals surface area contributed by atoms with E-state index in [1.807, 2.05) is 0 Å². The normalized spacial score (nSPS) is 10.8. The predicted octanol–water partition coefficient (Wildman–Crippen LogP) is 9.70. The number of nitrogens with zero attached hydrogens (tertiary/aromatic N) is 2. The van der Waals surface area contributed by atoms with Gasteiger partial charge in [0.1, 0.15) is 0 Å². The fourth-order valence-corrected chi connectivity index (χ4v) is 6.07. The topological polar surface area (TPSA) is 183 Å². The first-order valence-electron chi connectivity index (χ1n) is 13.6. The first-order chi connectivity index (χ1) is 20.9. The van der Waals surface area contributed by atoms with Crippen molar-refractivity contribution in [1.29, 1.82) is 0 Å². The van der Waals surface area contributed by atoms with Crippen molar-refractivity contribution in [1.82, 2.24) is 0 Å². The Labute approximate surface area is 316 Å². The van der Waals surface area contributed by atoms with Crippen LogP contribution in [0.3, 0.4) is 0 Å². The van der Waals surface area contributed by atoms with Gasteiger partial charge in [-0.25, -0.2) is 33.7 Å². The predicted molar refractivity (Wildman–Crippen MR) is 212 cm³/mol. The molecule has 0 bridgehead atoms. The van der Waals surface area contributed by atoms with Gasteiger partial charge in [-0.1, -0.05) is 118 Å². The molecule has 0 aliphatic rings. The molecule has 12 nitrogen and oxygen atoms in total. The minimum atomic E-state index is -6.07. The van der Waals surface area contributed by atoms with Crippen LogP contribution in [0.5, 0.6) is 0 Å². The highest BCUT2D eigenvalue weighted by Crippen LogP contribution is 2.30. The van der Waals surface area contributed by atoms with Crippen molar-refractivity contribution in [2.24, 2.45) is 11.8 Å². The van der Waals surface area contributed by atoms with Gasteiger partial charge < -0.3 is 8.25 Å². The average Bonchev–Trinajstić information content (AvgIpc) is 2.90. The van der Waals surface area contributed by atoms with Gasteiger partial charge in [0.25, 0.3) is 0 Å². The number of rotatable bonds is 13. The lowest BCUT2D eigenvalue weighted by Crippen LogP contribution is -2.24. The van der Waals surface area contributed by atoms with E-state index in [1.54, 1.807) is 4.13 Å². The van der Waals surface area contributed by atoms with E-state index in [2.05, 4.69) is 101 Å². The second kappa shape index (κ2) is 32.1. The van der Waals surface area contributed by atoms with Crippen molar-refractivity contribution in [3.63, 3.8) is 0 Å². The molecule has 0 heterocycles. The zero-order valence-corrected chi connectivity index (χ0v) is 32.0. The molecule has 0 saturated heterocycles. The Morgan fingerprint density at radius 2 is 0.962 bits per heavy atom. The van der Waals surface area contributed by atoms with Crippen LogP contribution in [-0.2, 0) is 61.9 Å². The van der Waals surface area contributed by atoms with Gasteiger partial charge in [-0.15, -0.1) is 0 Å². The molecule has 0 amide bonds. The van der Waals surface area contributed by atoms with E-state index in [0.717, 1.165) is 25.9 Å². The molecule has 2 aromatic carbocycles. The summed E-state index contributed by atoms with van der Waals surface area (Å²) in [4.78, 5) is 0. The maximum absolute atomic E-state index is 11.6. The lowest BCUT2D eigenvalue weighted by molar-refractivity contribution is -0.0425. The highest BCUT2D eigenvalue weighted by molar-refractivity contribution is 8.10. The maximum atomic E-state index is 11.6. The summed E-state index contributed by atoms with van der Waals surface area (Å²) in [6, 6.07) is 21.4. The molecule has 312 valence electrons. The summed E-state index contributed by atoms with van der Waals surface area (Å²) in [5.74, 6) is 1.63. The molecular formula is C33H65F3N2O10S4. The third kappa shape index (κ3) is 38.8. The molecule has 19 heteroatoms. The first-order valence-corrected chi connectivity index (χ1v) is 19.7. The van der Waals surface area contributed by atoms with Crippen LogP contribution in [0.1, 0.15) is 88.3 Å². The molecule has 0 atom stereocenters. The van der Waals surface area contributed by atoms with E-state index in [-0.39, 0.29) is 44.6 Å². The number of sulfonamides is 2. The van der Waals surface area contributed by atoms with Crippen LogP contribution in [0.2, 0.25) is 0 Å². The molecular weight excluding hydrogens is 770 g/mol. The standard InChI is InChI=1S/2C11H16.C3H5F3NO5S2.C2H6NO5S2.4CH4.2CH3/c2*1-10(2)8-9-11-6-4-3-5-7-11;1-2-12-14(10,11)7-13(8,9)3(4,5)6;1-8-10(6,7)3-9(2,4)5;;;;;;/h2*3-7,10H,8-9H2,1-2H3;2H2,1H3;1-2H3;4*1H4;2*1H3/q;;2*-1;;;;;2*+1. The molecule has 0 fully saturated rings. The van der Waals surface area contributed by atoms with Crippen LogP contribution in [0.4, 0.5) is 13.2 Å². The molecule has 0 N–H and O–H groups in total. The van der Waals surface area contributed by atoms with Crippen molar-refractivity contribution < 1.29 is 55.2 Å². The summed E-state index contributed by atoms with van der Waals surface area (Å²) in [6.07, 6.45) is 5.69. The van der Waals surface area contributed by atoms with Crippen molar-refractivity contribution in [3.8, 4) is 0 Å². The molecule has 0 aliphatic carbocycles. The SMILES string of the molecule is C.C.C.C.CC(C)CCc1ccccc1.CC(C)CCc1ccccc1.CCOS(=O)(=O)[N-]S(=O)(=O)C(F)(F)F.COS(=O)(=O)[N-]S(C)(=O)=O.[CH3+].[CH3+]. The molecule has 0 aromatic heterocycles. The van der Waals surface area contributed by atoms with Gasteiger partial charge in [0.05, 0.1) is 23.7 Å². The fraction of sp³-hybridized carbons (Fsp3) is 0.576. The monoisotopic (exact) mass is 834 g/mol. The number of benzene rings is 2. The summed E-state index contributed by atoms with van der Waals surface area (Å²) in [6.45, 7) is 9.70. The van der Waals surface area contributed by atoms with Gasteiger partial charge in [0.15, 0.2) is 10.0 Å². The Morgan fingerprint density at radius 3 is 1.17 bits per heavy atom. The van der Waals surface area contributed by atoms with Crippen molar-refractivity contribution in [2.75, 3.05) is 20.0 Å². The Balaban J connectivity index is -0.0000000802. The van der Waals surface area contributed by atoms with Crippen molar-refractivity contribution in [3.05, 3.63) is 94.9 Å². The van der Waals surface area contributed by atoms with Crippen LogP contribution < -0.4 is 0 Å². The number of hydrogen-bond acceptors (Lipinski definition) is 10. The van der Waals surface area contributed by atoms with Crippen LogP contribution in [0, 0.1) is 26.7 Å². The minimum Gasteiger partial charge on any atom is -0.412 e. The zero-order valence-electron chi connectivity index (χ0n) is 28.7. The summed E-state index contributed by atoms with van der Waals surface area (Å²) in [5, 5.41) is 0. The van der Waals surface area contributed by atoms with Crippen molar-refractivity contribution >= 4 is 40.7 Å². The van der Waals surface area contributed by atoms with Gasteiger partial charge in [0, 0.05) is 21.1 Å². The van der Waals surface area contributed by atoms with Crippen LogP contribution in [-0.4, -0.2) is 59.2 Å². The van der Waals surface area contributed by atoms with E-state index in [9.17, 15) is 46.8 Å². The van der Waals surface area contributed by atoms with Gasteiger partial charge in [-0.05, 0) is 55.6 Å². The Bertz CT molecular complexity index is 1490. The molecule has 2 aromatic rings. The Kier molecular flexibility index (Phi) is 41.8. The first kappa shape index (κ1) is 67.7. The lowest BCUT2D eigenvalue weighted by Gasteiger charge is -2.20. The summed E-state index contributed by atoms with van der Waals surface area (Å²) in [5.41, 5.74) is -2.83. The molecule has 52 heavy (non-hydrogen) atoms. The van der Waals surface area contributed by atoms with E-state index in [0.29, 0.717) is 6.26 Å². The zero-order chi connectivity index (χ0) is 36.2. The lowest BCUT2D eigenvalue weighted by atomic mass is 10.0. The number of hydrogen-bond donors (Lipinski definition) is 0. The van der Waals surface area contributed by atoms with Crippen LogP contribution >= 0.6 is 0 Å². The molecule has 0 saturated carbocycles. The van der Waals surface area contributed by atoms with Gasteiger partial charge >= 0.3 is 5.51 Å². The molecule has 0 radical (unpaired) electrons. The largest absolute Gasteiger partial charge is 0.480 e. The van der Waals surface area contributed by atoms with E-state index in [1.165, 1.54) is 36.8 Å². The van der Waals surface area contributed by atoms with Crippen molar-refractivity contribution in [2.45, 2.75) is 95.5 Å². The molecule has 0 aliphatic heterocycles. The summed E-state index contributed by atoms with van der Waals surface area (Å²) < 4.78 is 128. The summed E-state index contributed by atoms with van der Waals surface area (Å²) >= 11 is 0. The average molecular weight is 835 g/mol. The molecule has 0 spiro atoms. The number of aryl methyl sites for hydroxylation is 2. The quantitative estimate of drug-likeness (QED) is 0.176. The highest BCUT2D eigenvalue weighted by atomic mass is 32.3. The van der Waals surface area contributed by atoms with E-state index in [4.69, 9.17) is 0 Å². The maximum Gasteiger partial charge on any atom is 0.480 e. The Morgan fingerprint density at radius 1 is 0.635 bits per heavy atom. The molecule has 2 rings (SSSR count). The summed E-state index contributed by atoms with van der Waals surface area (Å²) in [7, 11) is -18.4. The second-order valence-electron chi connectivity index (χ2n) is 10.1. The van der Waals surface area contributed by atoms with Gasteiger partial charge in [0.2, 0.25) is 20.6 Å². The van der Waals surface area contributed by atoms with E-state index >= 15 is 0 Å². The Hall–Kier alpha value is -2.39. The third-order valence-corrected chi connectivity index (χ3v) is 9.76. The smallest absolute Gasteiger partial charge is 0.412 e. The second-order valence-corrected chi connectivity index (χ2v) is 16.4. The minimum absolute atomic E-state index is 0.